The summed E-state index contributed by atoms with van der Waals surface area (Å²) < 4.78 is 0. The van der Waals surface area contributed by atoms with E-state index in [1.807, 2.05) is 6.92 Å². The Morgan fingerprint density at radius 3 is 2.27 bits per heavy atom. The van der Waals surface area contributed by atoms with Crippen molar-refractivity contribution in [2.45, 2.75) is 33.2 Å². The number of nitro benzene ring substituents is 1. The number of nitro groups is 1. The number of benzene rings is 1. The van der Waals surface area contributed by atoms with Gasteiger partial charge in [-0.15, -0.1) is 0 Å². The van der Waals surface area contributed by atoms with E-state index in [9.17, 15) is 14.9 Å². The maximum absolute atomic E-state index is 12.5. The molecular formula is C16H25N3O3. The molecule has 0 unspecified atom stereocenters. The van der Waals surface area contributed by atoms with Gasteiger partial charge in [0.05, 0.1) is 4.92 Å². The molecule has 6 nitrogen and oxygen atoms in total. The van der Waals surface area contributed by atoms with Crippen molar-refractivity contribution in [3.63, 3.8) is 0 Å². The van der Waals surface area contributed by atoms with Crippen LogP contribution < -0.4 is 4.90 Å². The molecule has 0 bridgehead atoms. The predicted octanol–water partition coefficient (Wildman–Crippen LogP) is 3.17. The maximum Gasteiger partial charge on any atom is 0.293 e. The summed E-state index contributed by atoms with van der Waals surface area (Å²) in [5.74, 6) is 0.289. The first-order valence-corrected chi connectivity index (χ1v) is 7.38. The van der Waals surface area contributed by atoms with Crippen LogP contribution in [0.1, 0.15) is 37.6 Å². The van der Waals surface area contributed by atoms with Gasteiger partial charge < -0.3 is 9.80 Å². The molecule has 0 aliphatic heterocycles. The van der Waals surface area contributed by atoms with Crippen LogP contribution in [0.2, 0.25) is 0 Å². The van der Waals surface area contributed by atoms with E-state index >= 15 is 0 Å². The molecule has 1 amide bonds. The minimum absolute atomic E-state index is 0.0548. The summed E-state index contributed by atoms with van der Waals surface area (Å²) in [6, 6.07) is 4.70. The lowest BCUT2D eigenvalue weighted by Gasteiger charge is -2.26. The fourth-order valence-electron chi connectivity index (χ4n) is 2.43. The zero-order valence-corrected chi connectivity index (χ0v) is 14.2. The summed E-state index contributed by atoms with van der Waals surface area (Å²) in [6.07, 6.45) is 0.889. The minimum atomic E-state index is -0.455. The van der Waals surface area contributed by atoms with Gasteiger partial charge in [0.2, 0.25) is 0 Å². The summed E-state index contributed by atoms with van der Waals surface area (Å²) in [5.41, 5.74) is 0.774. The van der Waals surface area contributed by atoms with Crippen LogP contribution in [0.4, 0.5) is 11.4 Å². The molecule has 1 aromatic rings. The molecule has 22 heavy (non-hydrogen) atoms. The minimum Gasteiger partial charge on any atom is -0.372 e. The van der Waals surface area contributed by atoms with Crippen molar-refractivity contribution in [1.82, 2.24) is 4.90 Å². The van der Waals surface area contributed by atoms with E-state index in [-0.39, 0.29) is 17.6 Å². The lowest BCUT2D eigenvalue weighted by Crippen LogP contribution is -2.36. The molecule has 0 saturated carbocycles. The molecule has 0 aliphatic carbocycles. The van der Waals surface area contributed by atoms with Crippen LogP contribution in [0.3, 0.4) is 0 Å². The highest BCUT2D eigenvalue weighted by molar-refractivity contribution is 5.95. The Bertz CT molecular complexity index is 556. The Hall–Kier alpha value is -2.11. The zero-order valence-electron chi connectivity index (χ0n) is 14.2. The molecule has 0 N–H and O–H groups in total. The van der Waals surface area contributed by atoms with Crippen LogP contribution in [0, 0.1) is 16.0 Å². The van der Waals surface area contributed by atoms with Crippen molar-refractivity contribution >= 4 is 17.3 Å². The highest BCUT2D eigenvalue weighted by Gasteiger charge is 2.23. The summed E-state index contributed by atoms with van der Waals surface area (Å²) >= 11 is 0. The molecule has 0 spiro atoms. The average molecular weight is 307 g/mol. The lowest BCUT2D eigenvalue weighted by molar-refractivity contribution is -0.384. The van der Waals surface area contributed by atoms with Crippen LogP contribution in [-0.2, 0) is 0 Å². The average Bonchev–Trinajstić information content (AvgIpc) is 2.44. The largest absolute Gasteiger partial charge is 0.372 e. The number of hydrogen-bond acceptors (Lipinski definition) is 4. The standard InChI is InChI=1S/C16H25N3O3/c1-11(2)9-12(3)18(6)16(20)13-7-8-14(17(4)5)15(10-13)19(21)22/h7-8,10-12H,9H2,1-6H3/t12-/m0/s1. The number of amides is 1. The van der Waals surface area contributed by atoms with E-state index in [0.717, 1.165) is 6.42 Å². The molecule has 0 aromatic heterocycles. The molecule has 1 rings (SSSR count). The second-order valence-electron chi connectivity index (χ2n) is 6.25. The number of rotatable bonds is 6. The molecule has 0 fully saturated rings. The number of hydrogen-bond donors (Lipinski definition) is 0. The third-order valence-corrected chi connectivity index (χ3v) is 3.69. The van der Waals surface area contributed by atoms with Crippen LogP contribution in [0.5, 0.6) is 0 Å². The monoisotopic (exact) mass is 307 g/mol. The number of carbonyl (C=O) groups is 1. The van der Waals surface area contributed by atoms with Gasteiger partial charge in [0.1, 0.15) is 5.69 Å². The molecule has 0 radical (unpaired) electrons. The van der Waals surface area contributed by atoms with Gasteiger partial charge >= 0.3 is 0 Å². The van der Waals surface area contributed by atoms with Crippen LogP contribution in [-0.4, -0.2) is 42.9 Å². The smallest absolute Gasteiger partial charge is 0.293 e. The normalized spacial score (nSPS) is 12.1. The Labute approximate surface area is 131 Å². The molecule has 1 atom stereocenters. The molecule has 1 aromatic carbocycles. The fraction of sp³-hybridized carbons (Fsp3) is 0.562. The Balaban J connectivity index is 3.09. The van der Waals surface area contributed by atoms with Crippen molar-refractivity contribution in [2.75, 3.05) is 26.0 Å². The Morgan fingerprint density at radius 2 is 1.82 bits per heavy atom. The maximum atomic E-state index is 12.5. The molecule has 0 heterocycles. The van der Waals surface area contributed by atoms with E-state index in [0.29, 0.717) is 17.2 Å². The molecule has 6 heteroatoms. The van der Waals surface area contributed by atoms with Gasteiger partial charge in [-0.05, 0) is 31.4 Å². The van der Waals surface area contributed by atoms with Crippen molar-refractivity contribution in [1.29, 1.82) is 0 Å². The first-order chi connectivity index (χ1) is 10.1. The van der Waals surface area contributed by atoms with Gasteiger partial charge in [-0.3, -0.25) is 14.9 Å². The molecular weight excluding hydrogens is 282 g/mol. The number of nitrogens with zero attached hydrogens (tertiary/aromatic N) is 3. The van der Waals surface area contributed by atoms with Gasteiger partial charge in [-0.2, -0.15) is 0 Å². The lowest BCUT2D eigenvalue weighted by atomic mass is 10.0. The van der Waals surface area contributed by atoms with Gasteiger partial charge in [-0.1, -0.05) is 13.8 Å². The van der Waals surface area contributed by atoms with E-state index in [4.69, 9.17) is 0 Å². The molecule has 122 valence electrons. The highest BCUT2D eigenvalue weighted by atomic mass is 16.6. The highest BCUT2D eigenvalue weighted by Crippen LogP contribution is 2.28. The topological polar surface area (TPSA) is 66.7 Å². The zero-order chi connectivity index (χ0) is 17.0. The third kappa shape index (κ3) is 4.19. The van der Waals surface area contributed by atoms with E-state index in [1.165, 1.54) is 6.07 Å². The summed E-state index contributed by atoms with van der Waals surface area (Å²) in [5, 5.41) is 11.2. The van der Waals surface area contributed by atoms with E-state index < -0.39 is 4.92 Å². The van der Waals surface area contributed by atoms with Gasteiger partial charge in [-0.25, -0.2) is 0 Å². The quantitative estimate of drug-likeness (QED) is 0.598. The van der Waals surface area contributed by atoms with Crippen molar-refractivity contribution in [3.8, 4) is 0 Å². The van der Waals surface area contributed by atoms with E-state index in [2.05, 4.69) is 13.8 Å². The number of carbonyl (C=O) groups excluding carboxylic acids is 1. The first kappa shape index (κ1) is 17.9. The number of anilines is 1. The Kier molecular flexibility index (Phi) is 5.91. The van der Waals surface area contributed by atoms with Crippen molar-refractivity contribution in [3.05, 3.63) is 33.9 Å². The van der Waals surface area contributed by atoms with Crippen molar-refractivity contribution < 1.29 is 9.72 Å². The van der Waals surface area contributed by atoms with Crippen LogP contribution in [0.25, 0.3) is 0 Å². The van der Waals surface area contributed by atoms with Gasteiger partial charge in [0.25, 0.3) is 11.6 Å². The third-order valence-electron chi connectivity index (χ3n) is 3.69. The van der Waals surface area contributed by atoms with Gasteiger partial charge in [0, 0.05) is 38.8 Å². The predicted molar refractivity (Wildman–Crippen MR) is 88.4 cm³/mol. The molecule has 0 aliphatic rings. The summed E-state index contributed by atoms with van der Waals surface area (Å²) in [6.45, 7) is 6.19. The van der Waals surface area contributed by atoms with E-state index in [1.54, 1.807) is 43.1 Å². The SMILES string of the molecule is CC(C)C[C@H](C)N(C)C(=O)c1ccc(N(C)C)c([N+](=O)[O-])c1. The van der Waals surface area contributed by atoms with Gasteiger partial charge in [0.15, 0.2) is 0 Å². The Morgan fingerprint density at radius 1 is 1.23 bits per heavy atom. The fourth-order valence-corrected chi connectivity index (χ4v) is 2.43. The van der Waals surface area contributed by atoms with Crippen LogP contribution >= 0.6 is 0 Å². The second kappa shape index (κ2) is 7.24. The van der Waals surface area contributed by atoms with Crippen LogP contribution in [0.15, 0.2) is 18.2 Å². The summed E-state index contributed by atoms with van der Waals surface area (Å²) in [4.78, 5) is 26.6. The second-order valence-corrected chi connectivity index (χ2v) is 6.25. The molecule has 0 saturated heterocycles. The first-order valence-electron chi connectivity index (χ1n) is 7.38. The summed E-state index contributed by atoms with van der Waals surface area (Å²) in [7, 11) is 5.21. The van der Waals surface area contributed by atoms with Crippen molar-refractivity contribution in [2.24, 2.45) is 5.92 Å².